The Labute approximate surface area is 222 Å². The summed E-state index contributed by atoms with van der Waals surface area (Å²) < 4.78 is 13.2. The predicted octanol–water partition coefficient (Wildman–Crippen LogP) is 7.12. The number of rotatable bonds is 9. The van der Waals surface area contributed by atoms with Crippen LogP contribution in [0.15, 0.2) is 94.9 Å². The van der Waals surface area contributed by atoms with Crippen molar-refractivity contribution in [1.82, 2.24) is 4.98 Å². The van der Waals surface area contributed by atoms with Crippen LogP contribution in [0.3, 0.4) is 0 Å². The molecule has 0 aliphatic heterocycles. The van der Waals surface area contributed by atoms with Crippen molar-refractivity contribution < 1.29 is 19.1 Å². The van der Waals surface area contributed by atoms with Gasteiger partial charge in [-0.25, -0.2) is 9.18 Å². The van der Waals surface area contributed by atoms with Gasteiger partial charge in [0.2, 0.25) is 5.78 Å². The second kappa shape index (κ2) is 10.7. The molecule has 5 rings (SSSR count). The van der Waals surface area contributed by atoms with Crippen molar-refractivity contribution in [3.8, 4) is 0 Å². The van der Waals surface area contributed by atoms with Crippen LogP contribution in [-0.4, -0.2) is 27.9 Å². The van der Waals surface area contributed by atoms with E-state index in [0.717, 1.165) is 24.1 Å². The molecule has 1 fully saturated rings. The van der Waals surface area contributed by atoms with E-state index in [9.17, 15) is 19.1 Å². The van der Waals surface area contributed by atoms with E-state index in [4.69, 9.17) is 11.6 Å². The van der Waals surface area contributed by atoms with Gasteiger partial charge < -0.3 is 10.0 Å². The molecule has 1 saturated carbocycles. The van der Waals surface area contributed by atoms with Crippen LogP contribution < -0.4 is 4.90 Å². The molecule has 186 valence electrons. The number of carboxylic acids is 1. The first-order valence-corrected chi connectivity index (χ1v) is 12.9. The molecule has 0 spiro atoms. The quantitative estimate of drug-likeness (QED) is 0.231. The first kappa shape index (κ1) is 25.0. The van der Waals surface area contributed by atoms with Gasteiger partial charge >= 0.3 is 5.97 Å². The van der Waals surface area contributed by atoms with Gasteiger partial charge in [0.25, 0.3) is 0 Å². The topological polar surface area (TPSA) is 70.5 Å². The predicted molar refractivity (Wildman–Crippen MR) is 142 cm³/mol. The molecule has 8 heteroatoms. The summed E-state index contributed by atoms with van der Waals surface area (Å²) in [4.78, 5) is 32.9. The number of ketones is 1. The number of hydrogen-bond donors (Lipinski definition) is 1. The molecule has 1 heterocycles. The first-order valence-electron chi connectivity index (χ1n) is 11.7. The Bertz CT molecular complexity index is 1440. The fourth-order valence-corrected chi connectivity index (χ4v) is 5.04. The summed E-state index contributed by atoms with van der Waals surface area (Å²) >= 11 is 7.21. The van der Waals surface area contributed by atoms with Gasteiger partial charge in [0.15, 0.2) is 0 Å². The third kappa shape index (κ3) is 6.01. The molecular weight excluding hydrogens is 511 g/mol. The minimum atomic E-state index is -1.15. The van der Waals surface area contributed by atoms with Crippen LogP contribution in [0.25, 0.3) is 0 Å². The van der Waals surface area contributed by atoms with Gasteiger partial charge in [-0.05, 0) is 85.1 Å². The minimum Gasteiger partial charge on any atom is -0.478 e. The fraction of sp³-hybridized carbons (Fsp3) is 0.138. The number of carboxylic acid groups (broad SMARTS) is 1. The second-order valence-electron chi connectivity index (χ2n) is 8.79. The highest BCUT2D eigenvalue weighted by Gasteiger charge is 2.29. The zero-order valence-corrected chi connectivity index (χ0v) is 21.2. The number of nitrogens with zero attached hydrogens (tertiary/aromatic N) is 2. The molecule has 1 aliphatic carbocycles. The highest BCUT2D eigenvalue weighted by molar-refractivity contribution is 7.99. The van der Waals surface area contributed by atoms with E-state index < -0.39 is 5.97 Å². The smallest absolute Gasteiger partial charge is 0.336 e. The largest absolute Gasteiger partial charge is 0.478 e. The zero-order valence-electron chi connectivity index (χ0n) is 19.6. The van der Waals surface area contributed by atoms with Gasteiger partial charge in [0, 0.05) is 33.0 Å². The molecule has 5 nitrogen and oxygen atoms in total. The van der Waals surface area contributed by atoms with Crippen molar-refractivity contribution in [2.45, 2.75) is 35.2 Å². The molecule has 0 unspecified atom stereocenters. The van der Waals surface area contributed by atoms with Crippen LogP contribution >= 0.6 is 23.4 Å². The minimum absolute atomic E-state index is 0.000307. The van der Waals surface area contributed by atoms with E-state index in [2.05, 4.69) is 9.88 Å². The summed E-state index contributed by atoms with van der Waals surface area (Å²) in [6, 6.07) is 22.1. The normalized spacial score (nSPS) is 12.8. The van der Waals surface area contributed by atoms with Crippen molar-refractivity contribution in [1.29, 1.82) is 0 Å². The van der Waals surface area contributed by atoms with Crippen LogP contribution in [0.2, 0.25) is 5.02 Å². The molecule has 1 aromatic heterocycles. The fourth-order valence-electron chi connectivity index (χ4n) is 4.00. The number of hydrogen-bond acceptors (Lipinski definition) is 5. The van der Waals surface area contributed by atoms with Crippen LogP contribution in [0.5, 0.6) is 0 Å². The molecule has 0 atom stereocenters. The van der Waals surface area contributed by atoms with Crippen molar-refractivity contribution in [2.24, 2.45) is 0 Å². The Hall–Kier alpha value is -3.68. The highest BCUT2D eigenvalue weighted by atomic mass is 35.5. The van der Waals surface area contributed by atoms with Gasteiger partial charge in [0.05, 0.1) is 17.4 Å². The van der Waals surface area contributed by atoms with E-state index in [0.29, 0.717) is 27.4 Å². The van der Waals surface area contributed by atoms with Crippen molar-refractivity contribution in [3.05, 3.63) is 118 Å². The van der Waals surface area contributed by atoms with Crippen LogP contribution in [-0.2, 0) is 6.54 Å². The summed E-state index contributed by atoms with van der Waals surface area (Å²) in [6.07, 6.45) is 3.90. The Morgan fingerprint density at radius 1 is 1.00 bits per heavy atom. The maximum Gasteiger partial charge on any atom is 0.336 e. The molecule has 1 N–H and O–H groups in total. The summed E-state index contributed by atoms with van der Waals surface area (Å²) in [7, 11) is 0. The Kier molecular flexibility index (Phi) is 7.26. The first-order chi connectivity index (χ1) is 17.9. The molecule has 37 heavy (non-hydrogen) atoms. The maximum atomic E-state index is 13.2. The molecule has 0 saturated heterocycles. The van der Waals surface area contributed by atoms with E-state index >= 15 is 0 Å². The standard InChI is InChI=1S/C29H22ClFN2O3S/c30-20-4-1-18(2-5-20)17-33(22-8-9-22)23-10-13-26(32-16-23)28(34)19-3-14-27(25(15-19)29(35)36)37-24-11-6-21(31)7-12-24/h1-7,10-16,22H,8-9,17H2,(H,35,36). The average molecular weight is 533 g/mol. The summed E-state index contributed by atoms with van der Waals surface area (Å²) in [5.41, 5.74) is 2.53. The molecule has 0 amide bonds. The van der Waals surface area contributed by atoms with Gasteiger partial charge in [-0.1, -0.05) is 35.5 Å². The van der Waals surface area contributed by atoms with Gasteiger partial charge in [-0.15, -0.1) is 0 Å². The molecule has 3 aromatic carbocycles. The lowest BCUT2D eigenvalue weighted by atomic mass is 10.0. The van der Waals surface area contributed by atoms with Crippen molar-refractivity contribution in [2.75, 3.05) is 4.90 Å². The zero-order chi connectivity index (χ0) is 25.9. The Morgan fingerprint density at radius 2 is 1.73 bits per heavy atom. The van der Waals surface area contributed by atoms with Crippen LogP contribution in [0.4, 0.5) is 10.1 Å². The number of carbonyl (C=O) groups excluding carboxylic acids is 1. The van der Waals surface area contributed by atoms with E-state index in [1.165, 1.54) is 30.0 Å². The third-order valence-electron chi connectivity index (χ3n) is 6.08. The summed E-state index contributed by atoms with van der Waals surface area (Å²) in [5.74, 6) is -1.87. The average Bonchev–Trinajstić information content (AvgIpc) is 3.75. The Morgan fingerprint density at radius 3 is 2.35 bits per heavy atom. The second-order valence-corrected chi connectivity index (χ2v) is 10.3. The number of carbonyl (C=O) groups is 2. The van der Waals surface area contributed by atoms with Crippen molar-refractivity contribution >= 4 is 40.8 Å². The van der Waals surface area contributed by atoms with Crippen LogP contribution in [0.1, 0.15) is 44.8 Å². The lowest BCUT2D eigenvalue weighted by molar-refractivity contribution is 0.0693. The number of aromatic carboxylic acids is 1. The summed E-state index contributed by atoms with van der Waals surface area (Å²) in [6.45, 7) is 0.714. The molecule has 0 radical (unpaired) electrons. The van der Waals surface area contributed by atoms with E-state index in [1.807, 2.05) is 30.3 Å². The highest BCUT2D eigenvalue weighted by Crippen LogP contribution is 2.34. The molecule has 0 bridgehead atoms. The number of halogens is 2. The number of pyridine rings is 1. The molecule has 1 aliphatic rings. The van der Waals surface area contributed by atoms with Gasteiger partial charge in [-0.3, -0.25) is 9.78 Å². The lowest BCUT2D eigenvalue weighted by Gasteiger charge is -2.24. The summed E-state index contributed by atoms with van der Waals surface area (Å²) in [5, 5.41) is 10.4. The van der Waals surface area contributed by atoms with Gasteiger partial charge in [-0.2, -0.15) is 0 Å². The molecular formula is C29H22ClFN2O3S. The maximum absolute atomic E-state index is 13.2. The van der Waals surface area contributed by atoms with Gasteiger partial charge in [0.1, 0.15) is 11.5 Å². The van der Waals surface area contributed by atoms with E-state index in [1.54, 1.807) is 36.5 Å². The van der Waals surface area contributed by atoms with Crippen molar-refractivity contribution in [3.63, 3.8) is 0 Å². The molecule has 4 aromatic rings. The number of benzene rings is 3. The SMILES string of the molecule is O=C(c1ccc(Sc2ccc(F)cc2)c(C(=O)O)c1)c1ccc(N(Cc2ccc(Cl)cc2)C2CC2)cn1. The lowest BCUT2D eigenvalue weighted by Crippen LogP contribution is -2.25. The monoisotopic (exact) mass is 532 g/mol. The number of aromatic nitrogens is 1. The number of anilines is 1. The van der Waals surface area contributed by atoms with E-state index in [-0.39, 0.29) is 28.4 Å². The van der Waals surface area contributed by atoms with Crippen LogP contribution in [0, 0.1) is 5.82 Å². The third-order valence-corrected chi connectivity index (χ3v) is 7.42. The Balaban J connectivity index is 1.35.